The summed E-state index contributed by atoms with van der Waals surface area (Å²) in [6, 6.07) is 3.33. The van der Waals surface area contributed by atoms with E-state index in [1.807, 2.05) is 41.5 Å². The SMILES string of the molecule is CC(C)(C)c1cc(OP(O)O)c(C(C)(C)C)cc1OP(O)O. The van der Waals surface area contributed by atoms with Gasteiger partial charge in [0.2, 0.25) is 0 Å². The number of hydrogen-bond donors (Lipinski definition) is 4. The summed E-state index contributed by atoms with van der Waals surface area (Å²) < 4.78 is 10.3. The lowest BCUT2D eigenvalue weighted by atomic mass is 9.81. The zero-order chi connectivity index (χ0) is 17.3. The zero-order valence-electron chi connectivity index (χ0n) is 13.7. The van der Waals surface area contributed by atoms with Crippen LogP contribution in [0.2, 0.25) is 0 Å². The smallest absolute Gasteiger partial charge is 0.391 e. The van der Waals surface area contributed by atoms with Gasteiger partial charge in [0.15, 0.2) is 0 Å². The first-order chi connectivity index (χ1) is 9.82. The average Bonchev–Trinajstić information content (AvgIpc) is 2.26. The first-order valence-corrected chi connectivity index (χ1v) is 9.06. The van der Waals surface area contributed by atoms with E-state index in [0.29, 0.717) is 22.6 Å². The average molecular weight is 350 g/mol. The second kappa shape index (κ2) is 6.96. The lowest BCUT2D eigenvalue weighted by Gasteiger charge is -2.29. The number of hydrogen-bond acceptors (Lipinski definition) is 6. The molecule has 0 atom stereocenters. The van der Waals surface area contributed by atoms with Gasteiger partial charge in [0.05, 0.1) is 0 Å². The van der Waals surface area contributed by atoms with E-state index in [2.05, 4.69) is 0 Å². The van der Waals surface area contributed by atoms with Crippen molar-refractivity contribution >= 4 is 17.2 Å². The Morgan fingerprint density at radius 2 is 0.955 bits per heavy atom. The maximum Gasteiger partial charge on any atom is 0.391 e. The van der Waals surface area contributed by atoms with E-state index in [0.717, 1.165) is 0 Å². The molecule has 0 fully saturated rings. The van der Waals surface area contributed by atoms with Crippen molar-refractivity contribution in [2.75, 3.05) is 0 Å². The van der Waals surface area contributed by atoms with Crippen LogP contribution in [-0.2, 0) is 10.8 Å². The molecule has 0 bridgehead atoms. The van der Waals surface area contributed by atoms with E-state index in [1.165, 1.54) is 0 Å². The highest BCUT2D eigenvalue weighted by atomic mass is 31.2. The molecule has 0 heterocycles. The van der Waals surface area contributed by atoms with Crippen LogP contribution in [0.1, 0.15) is 52.7 Å². The van der Waals surface area contributed by atoms with Crippen LogP contribution in [0, 0.1) is 0 Å². The van der Waals surface area contributed by atoms with Crippen molar-refractivity contribution in [2.45, 2.75) is 52.4 Å². The van der Waals surface area contributed by atoms with E-state index >= 15 is 0 Å². The molecule has 0 amide bonds. The third-order valence-corrected chi connectivity index (χ3v) is 3.78. The van der Waals surface area contributed by atoms with Crippen LogP contribution < -0.4 is 9.05 Å². The van der Waals surface area contributed by atoms with Crippen molar-refractivity contribution in [3.05, 3.63) is 23.3 Å². The zero-order valence-corrected chi connectivity index (χ0v) is 15.4. The minimum atomic E-state index is -2.55. The molecule has 22 heavy (non-hydrogen) atoms. The first-order valence-electron chi connectivity index (χ1n) is 6.73. The standard InChI is InChI=1S/C14H24O6P2/c1-13(2,3)9-7-12(20-22(17)18)10(14(4,5)6)8-11(9)19-21(15)16/h7-8,15-18H,1-6H3. The third-order valence-electron chi connectivity index (χ3n) is 3.06. The Labute approximate surface area is 133 Å². The van der Waals surface area contributed by atoms with E-state index < -0.39 is 17.2 Å². The fourth-order valence-corrected chi connectivity index (χ4v) is 2.71. The molecule has 1 aromatic carbocycles. The Morgan fingerprint density at radius 1 is 0.682 bits per heavy atom. The molecule has 0 aliphatic heterocycles. The van der Waals surface area contributed by atoms with Crippen molar-refractivity contribution in [2.24, 2.45) is 0 Å². The summed E-state index contributed by atoms with van der Waals surface area (Å²) in [6.07, 6.45) is 0. The lowest BCUT2D eigenvalue weighted by molar-refractivity contribution is 0.359. The fraction of sp³-hybridized carbons (Fsp3) is 0.571. The molecule has 0 radical (unpaired) electrons. The summed E-state index contributed by atoms with van der Waals surface area (Å²) in [6.45, 7) is 11.6. The van der Waals surface area contributed by atoms with Crippen LogP contribution in [-0.4, -0.2) is 19.6 Å². The predicted molar refractivity (Wildman–Crippen MR) is 87.8 cm³/mol. The summed E-state index contributed by atoms with van der Waals surface area (Å²) in [5, 5.41) is 0. The van der Waals surface area contributed by atoms with Crippen LogP contribution in [0.15, 0.2) is 12.1 Å². The predicted octanol–water partition coefficient (Wildman–Crippen LogP) is 3.46. The van der Waals surface area contributed by atoms with Gasteiger partial charge in [-0.15, -0.1) is 0 Å². The normalized spacial score (nSPS) is 12.9. The van der Waals surface area contributed by atoms with Crippen molar-refractivity contribution in [3.63, 3.8) is 0 Å². The van der Waals surface area contributed by atoms with Gasteiger partial charge in [0.25, 0.3) is 0 Å². The maximum atomic E-state index is 9.19. The molecular weight excluding hydrogens is 326 g/mol. The summed E-state index contributed by atoms with van der Waals surface area (Å²) in [5.41, 5.74) is 0.650. The summed E-state index contributed by atoms with van der Waals surface area (Å²) in [4.78, 5) is 36.8. The van der Waals surface area contributed by atoms with Crippen LogP contribution >= 0.6 is 17.2 Å². The van der Waals surface area contributed by atoms with Crippen molar-refractivity contribution < 1.29 is 28.6 Å². The summed E-state index contributed by atoms with van der Waals surface area (Å²) in [5.74, 6) is 0.696. The van der Waals surface area contributed by atoms with Crippen molar-refractivity contribution in [3.8, 4) is 11.5 Å². The summed E-state index contributed by atoms with van der Waals surface area (Å²) >= 11 is 0. The highest BCUT2D eigenvalue weighted by Gasteiger charge is 2.28. The molecule has 1 rings (SSSR count). The molecule has 0 saturated carbocycles. The van der Waals surface area contributed by atoms with Crippen LogP contribution in [0.4, 0.5) is 0 Å². The monoisotopic (exact) mass is 350 g/mol. The molecular formula is C14H24O6P2. The topological polar surface area (TPSA) is 99.4 Å². The second-order valence-electron chi connectivity index (χ2n) is 7.03. The largest absolute Gasteiger partial charge is 0.427 e. The van der Waals surface area contributed by atoms with E-state index in [4.69, 9.17) is 9.05 Å². The Kier molecular flexibility index (Phi) is 6.19. The van der Waals surface area contributed by atoms with Crippen molar-refractivity contribution in [1.29, 1.82) is 0 Å². The molecule has 0 unspecified atom stereocenters. The van der Waals surface area contributed by atoms with Crippen LogP contribution in [0.3, 0.4) is 0 Å². The van der Waals surface area contributed by atoms with Crippen LogP contribution in [0.5, 0.6) is 11.5 Å². The third kappa shape index (κ3) is 5.31. The van der Waals surface area contributed by atoms with Gasteiger partial charge in [0, 0.05) is 11.1 Å². The molecule has 0 aromatic heterocycles. The minimum absolute atomic E-state index is 0.348. The van der Waals surface area contributed by atoms with E-state index in [-0.39, 0.29) is 10.8 Å². The molecule has 6 nitrogen and oxygen atoms in total. The van der Waals surface area contributed by atoms with E-state index in [9.17, 15) is 19.6 Å². The maximum absolute atomic E-state index is 9.19. The van der Waals surface area contributed by atoms with Gasteiger partial charge in [-0.3, -0.25) is 0 Å². The minimum Gasteiger partial charge on any atom is -0.427 e. The Morgan fingerprint density at radius 3 is 1.14 bits per heavy atom. The van der Waals surface area contributed by atoms with Gasteiger partial charge in [-0.05, 0) is 23.0 Å². The van der Waals surface area contributed by atoms with Gasteiger partial charge in [-0.2, -0.15) is 0 Å². The van der Waals surface area contributed by atoms with Gasteiger partial charge in [0.1, 0.15) is 11.5 Å². The quantitative estimate of drug-likeness (QED) is 0.621. The van der Waals surface area contributed by atoms with Gasteiger partial charge < -0.3 is 28.6 Å². The Bertz CT molecular complexity index is 470. The fourth-order valence-electron chi connectivity index (χ4n) is 2.06. The van der Waals surface area contributed by atoms with E-state index in [1.54, 1.807) is 12.1 Å². The molecule has 4 N–H and O–H groups in total. The molecule has 126 valence electrons. The highest BCUT2D eigenvalue weighted by molar-refractivity contribution is 7.40. The van der Waals surface area contributed by atoms with Crippen LogP contribution in [0.25, 0.3) is 0 Å². The Hall–Kier alpha value is -0.480. The van der Waals surface area contributed by atoms with Gasteiger partial charge >= 0.3 is 17.2 Å². The van der Waals surface area contributed by atoms with Gasteiger partial charge in [-0.1, -0.05) is 41.5 Å². The molecule has 1 aromatic rings. The molecule has 8 heteroatoms. The van der Waals surface area contributed by atoms with Gasteiger partial charge in [-0.25, -0.2) is 0 Å². The molecule has 0 saturated heterocycles. The molecule has 0 spiro atoms. The molecule has 0 aliphatic rings. The second-order valence-corrected chi connectivity index (χ2v) is 8.41. The highest BCUT2D eigenvalue weighted by Crippen LogP contribution is 2.46. The first kappa shape index (κ1) is 19.6. The number of rotatable bonds is 4. The molecule has 0 aliphatic carbocycles. The lowest BCUT2D eigenvalue weighted by Crippen LogP contribution is -2.17. The number of benzene rings is 1. The van der Waals surface area contributed by atoms with Crippen molar-refractivity contribution in [1.82, 2.24) is 0 Å². The summed E-state index contributed by atoms with van der Waals surface area (Å²) in [7, 11) is -5.10. The Balaban J connectivity index is 3.56.